The number of halogens is 1. The maximum atomic E-state index is 11.2. The van der Waals surface area contributed by atoms with E-state index in [0.717, 1.165) is 4.47 Å². The van der Waals surface area contributed by atoms with Gasteiger partial charge in [0.15, 0.2) is 5.78 Å². The number of rotatable bonds is 2. The number of carbonyl (C=O) groups excluding carboxylic acids is 1. The van der Waals surface area contributed by atoms with Crippen molar-refractivity contribution >= 4 is 21.7 Å². The molecule has 1 aromatic rings. The second kappa shape index (κ2) is 4.03. The van der Waals surface area contributed by atoms with Crippen LogP contribution in [0.4, 0.5) is 0 Å². The molecular formula is C9H6BrNO. The maximum Gasteiger partial charge on any atom is 0.176 e. The zero-order valence-corrected chi connectivity index (χ0v) is 7.84. The van der Waals surface area contributed by atoms with Crippen LogP contribution in [-0.2, 0) is 0 Å². The molecule has 0 saturated carbocycles. The average Bonchev–Trinajstić information content (AvgIpc) is 2.05. The van der Waals surface area contributed by atoms with Gasteiger partial charge in [0.1, 0.15) is 0 Å². The predicted molar refractivity (Wildman–Crippen MR) is 48.7 cm³/mol. The molecule has 0 heterocycles. The van der Waals surface area contributed by atoms with Gasteiger partial charge in [0.25, 0.3) is 0 Å². The van der Waals surface area contributed by atoms with Gasteiger partial charge in [0, 0.05) is 10.0 Å². The van der Waals surface area contributed by atoms with Crippen molar-refractivity contribution in [1.29, 1.82) is 5.26 Å². The Labute approximate surface area is 78.9 Å². The largest absolute Gasteiger partial charge is 0.293 e. The lowest BCUT2D eigenvalue weighted by atomic mass is 10.1. The molecule has 0 amide bonds. The Morgan fingerprint density at radius 2 is 2.33 bits per heavy atom. The summed E-state index contributed by atoms with van der Waals surface area (Å²) in [6.45, 7) is 0. The summed E-state index contributed by atoms with van der Waals surface area (Å²) in [5.74, 6) is -0.140. The Bertz CT molecular complexity index is 341. The summed E-state index contributed by atoms with van der Waals surface area (Å²) in [6, 6.07) is 8.84. The van der Waals surface area contributed by atoms with E-state index in [0.29, 0.717) is 5.56 Å². The van der Waals surface area contributed by atoms with Crippen LogP contribution in [0.1, 0.15) is 16.8 Å². The molecule has 1 rings (SSSR count). The molecule has 0 bridgehead atoms. The van der Waals surface area contributed by atoms with Crippen LogP contribution in [0, 0.1) is 11.3 Å². The SMILES string of the molecule is N#CCC(=O)c1cccc(Br)c1. The summed E-state index contributed by atoms with van der Waals surface area (Å²) in [5, 5.41) is 8.28. The molecule has 0 aliphatic rings. The summed E-state index contributed by atoms with van der Waals surface area (Å²) >= 11 is 3.25. The maximum absolute atomic E-state index is 11.2. The van der Waals surface area contributed by atoms with Gasteiger partial charge in [-0.25, -0.2) is 0 Å². The van der Waals surface area contributed by atoms with Crippen molar-refractivity contribution in [2.45, 2.75) is 6.42 Å². The Morgan fingerprint density at radius 1 is 1.58 bits per heavy atom. The number of Topliss-reactive ketones (excluding diaryl/α,β-unsaturated/α-hetero) is 1. The lowest BCUT2D eigenvalue weighted by Gasteiger charge is -1.95. The summed E-state index contributed by atoms with van der Waals surface area (Å²) in [4.78, 5) is 11.2. The number of nitrogens with zero attached hydrogens (tertiary/aromatic N) is 1. The fourth-order valence-corrected chi connectivity index (χ4v) is 1.24. The van der Waals surface area contributed by atoms with E-state index in [1.54, 1.807) is 18.2 Å². The molecule has 0 aliphatic heterocycles. The number of benzene rings is 1. The standard InChI is InChI=1S/C9H6BrNO/c10-8-3-1-2-7(6-8)9(12)4-5-11/h1-3,6H,4H2. The second-order valence-electron chi connectivity index (χ2n) is 2.27. The summed E-state index contributed by atoms with van der Waals surface area (Å²) in [6.07, 6.45) is -0.0591. The van der Waals surface area contributed by atoms with Crippen molar-refractivity contribution in [1.82, 2.24) is 0 Å². The third-order valence-corrected chi connectivity index (χ3v) is 1.88. The molecule has 0 saturated heterocycles. The van der Waals surface area contributed by atoms with Gasteiger partial charge in [-0.15, -0.1) is 0 Å². The first-order valence-corrected chi connectivity index (χ1v) is 4.19. The first-order valence-electron chi connectivity index (χ1n) is 3.40. The van der Waals surface area contributed by atoms with E-state index in [1.807, 2.05) is 12.1 Å². The number of carbonyl (C=O) groups is 1. The van der Waals surface area contributed by atoms with Crippen molar-refractivity contribution in [3.05, 3.63) is 34.3 Å². The lowest BCUT2D eigenvalue weighted by molar-refractivity contribution is 0.0997. The highest BCUT2D eigenvalue weighted by molar-refractivity contribution is 9.10. The average molecular weight is 224 g/mol. The van der Waals surface area contributed by atoms with Crippen molar-refractivity contribution in [3.63, 3.8) is 0 Å². The molecule has 0 radical (unpaired) electrons. The zero-order valence-electron chi connectivity index (χ0n) is 6.25. The molecule has 0 atom stereocenters. The highest BCUT2D eigenvalue weighted by Gasteiger charge is 2.03. The van der Waals surface area contributed by atoms with E-state index in [2.05, 4.69) is 15.9 Å². The Hall–Kier alpha value is -1.14. The van der Waals surface area contributed by atoms with E-state index in [4.69, 9.17) is 5.26 Å². The van der Waals surface area contributed by atoms with Gasteiger partial charge in [-0.1, -0.05) is 28.1 Å². The molecule has 0 aliphatic carbocycles. The minimum atomic E-state index is -0.140. The van der Waals surface area contributed by atoms with Crippen LogP contribution in [0.2, 0.25) is 0 Å². The molecule has 60 valence electrons. The molecule has 12 heavy (non-hydrogen) atoms. The monoisotopic (exact) mass is 223 g/mol. The third kappa shape index (κ3) is 2.18. The molecular weight excluding hydrogens is 218 g/mol. The Morgan fingerprint density at radius 3 is 2.92 bits per heavy atom. The zero-order chi connectivity index (χ0) is 8.97. The van der Waals surface area contributed by atoms with Gasteiger partial charge in [0.05, 0.1) is 12.5 Å². The summed E-state index contributed by atoms with van der Waals surface area (Å²) < 4.78 is 0.853. The fourth-order valence-electron chi connectivity index (χ4n) is 0.836. The second-order valence-corrected chi connectivity index (χ2v) is 3.18. The van der Waals surface area contributed by atoms with Crippen LogP contribution in [0.15, 0.2) is 28.7 Å². The van der Waals surface area contributed by atoms with E-state index in [1.165, 1.54) is 0 Å². The van der Waals surface area contributed by atoms with E-state index >= 15 is 0 Å². The smallest absolute Gasteiger partial charge is 0.176 e. The molecule has 3 heteroatoms. The normalized spacial score (nSPS) is 9.00. The van der Waals surface area contributed by atoms with Crippen molar-refractivity contribution in [2.24, 2.45) is 0 Å². The van der Waals surface area contributed by atoms with Gasteiger partial charge in [-0.05, 0) is 12.1 Å². The topological polar surface area (TPSA) is 40.9 Å². The first kappa shape index (κ1) is 8.95. The number of hydrogen-bond donors (Lipinski definition) is 0. The molecule has 0 aromatic heterocycles. The minimum Gasteiger partial charge on any atom is -0.293 e. The molecule has 0 fully saturated rings. The number of ketones is 1. The Kier molecular flexibility index (Phi) is 3.01. The molecule has 1 aromatic carbocycles. The molecule has 0 spiro atoms. The van der Waals surface area contributed by atoms with Crippen LogP contribution in [0.5, 0.6) is 0 Å². The van der Waals surface area contributed by atoms with Gasteiger partial charge < -0.3 is 0 Å². The van der Waals surface area contributed by atoms with Crippen LogP contribution < -0.4 is 0 Å². The summed E-state index contributed by atoms with van der Waals surface area (Å²) in [7, 11) is 0. The van der Waals surface area contributed by atoms with Crippen molar-refractivity contribution < 1.29 is 4.79 Å². The van der Waals surface area contributed by atoms with Gasteiger partial charge in [-0.3, -0.25) is 4.79 Å². The first-order chi connectivity index (χ1) is 5.74. The van der Waals surface area contributed by atoms with Crippen LogP contribution in [0.3, 0.4) is 0 Å². The van der Waals surface area contributed by atoms with Crippen LogP contribution in [-0.4, -0.2) is 5.78 Å². The van der Waals surface area contributed by atoms with Gasteiger partial charge in [0.2, 0.25) is 0 Å². The molecule has 2 nitrogen and oxygen atoms in total. The predicted octanol–water partition coefficient (Wildman–Crippen LogP) is 2.55. The van der Waals surface area contributed by atoms with Crippen molar-refractivity contribution in [2.75, 3.05) is 0 Å². The lowest BCUT2D eigenvalue weighted by Crippen LogP contribution is -1.96. The van der Waals surface area contributed by atoms with Crippen LogP contribution in [0.25, 0.3) is 0 Å². The van der Waals surface area contributed by atoms with E-state index in [9.17, 15) is 4.79 Å². The Balaban J connectivity index is 2.90. The summed E-state index contributed by atoms with van der Waals surface area (Å²) in [5.41, 5.74) is 0.575. The van der Waals surface area contributed by atoms with E-state index < -0.39 is 0 Å². The van der Waals surface area contributed by atoms with E-state index in [-0.39, 0.29) is 12.2 Å². The molecule has 0 N–H and O–H groups in total. The van der Waals surface area contributed by atoms with Crippen LogP contribution >= 0.6 is 15.9 Å². The molecule has 0 unspecified atom stereocenters. The third-order valence-electron chi connectivity index (χ3n) is 1.39. The highest BCUT2D eigenvalue weighted by atomic mass is 79.9. The van der Waals surface area contributed by atoms with Crippen molar-refractivity contribution in [3.8, 4) is 6.07 Å². The van der Waals surface area contributed by atoms with Gasteiger partial charge in [-0.2, -0.15) is 5.26 Å². The quantitative estimate of drug-likeness (QED) is 0.724. The minimum absolute atomic E-state index is 0.0591. The number of nitriles is 1. The number of hydrogen-bond acceptors (Lipinski definition) is 2. The fraction of sp³-hybridized carbons (Fsp3) is 0.111. The highest BCUT2D eigenvalue weighted by Crippen LogP contribution is 2.12. The van der Waals surface area contributed by atoms with Gasteiger partial charge >= 0.3 is 0 Å².